The molecule has 1 aliphatic rings. The molecule has 3 aromatic rings. The minimum Gasteiger partial charge on any atom is -0.476 e. The molecule has 7 nitrogen and oxygen atoms in total. The largest absolute Gasteiger partial charge is 0.476 e. The number of H-pyrrole nitrogens is 1. The number of aromatic amines is 1. The number of aromatic carboxylic acids is 1. The number of likely N-dealkylation sites (tertiary alicyclic amines) is 1. The standard InChI is InChI=1S/C18H18N4O3S/c23-17(13-8-12-4-1-5-19-16(12)21-13)22-6-2-3-11(9-22)7-15-20-14(10-26-15)18(24)25/h1,4-5,8,10-11H,2-3,6-7,9H2,(H,19,21)(H,24,25). The quantitative estimate of drug-likeness (QED) is 0.736. The van der Waals surface area contributed by atoms with E-state index in [2.05, 4.69) is 15.0 Å². The Balaban J connectivity index is 1.45. The van der Waals surface area contributed by atoms with Gasteiger partial charge in [-0.25, -0.2) is 14.8 Å². The molecule has 3 aromatic heterocycles. The van der Waals surface area contributed by atoms with Crippen LogP contribution < -0.4 is 0 Å². The number of hydrogen-bond acceptors (Lipinski definition) is 5. The van der Waals surface area contributed by atoms with Crippen molar-refractivity contribution in [3.63, 3.8) is 0 Å². The van der Waals surface area contributed by atoms with E-state index in [0.717, 1.165) is 29.8 Å². The molecule has 4 rings (SSSR count). The van der Waals surface area contributed by atoms with Crippen LogP contribution >= 0.6 is 11.3 Å². The minimum absolute atomic E-state index is 0.0157. The summed E-state index contributed by atoms with van der Waals surface area (Å²) < 4.78 is 0. The van der Waals surface area contributed by atoms with Gasteiger partial charge in [-0.2, -0.15) is 0 Å². The van der Waals surface area contributed by atoms with E-state index in [1.54, 1.807) is 11.6 Å². The molecule has 1 saturated heterocycles. The summed E-state index contributed by atoms with van der Waals surface area (Å²) in [6.45, 7) is 1.39. The van der Waals surface area contributed by atoms with Crippen molar-refractivity contribution in [2.45, 2.75) is 19.3 Å². The van der Waals surface area contributed by atoms with Crippen LogP contribution in [0.3, 0.4) is 0 Å². The number of rotatable bonds is 4. The lowest BCUT2D eigenvalue weighted by Crippen LogP contribution is -2.40. The van der Waals surface area contributed by atoms with Crippen molar-refractivity contribution < 1.29 is 14.7 Å². The van der Waals surface area contributed by atoms with Crippen LogP contribution in [0.5, 0.6) is 0 Å². The van der Waals surface area contributed by atoms with Gasteiger partial charge in [0.25, 0.3) is 5.91 Å². The Morgan fingerprint density at radius 3 is 3.08 bits per heavy atom. The highest BCUT2D eigenvalue weighted by Gasteiger charge is 2.26. The molecule has 2 N–H and O–H groups in total. The van der Waals surface area contributed by atoms with E-state index in [9.17, 15) is 9.59 Å². The van der Waals surface area contributed by atoms with Gasteiger partial charge in [-0.15, -0.1) is 11.3 Å². The third kappa shape index (κ3) is 3.32. The number of pyridine rings is 1. The minimum atomic E-state index is -1.000. The molecule has 8 heteroatoms. The maximum Gasteiger partial charge on any atom is 0.355 e. The van der Waals surface area contributed by atoms with Gasteiger partial charge in [0.15, 0.2) is 5.69 Å². The normalized spacial score (nSPS) is 17.5. The van der Waals surface area contributed by atoms with E-state index in [0.29, 0.717) is 30.2 Å². The Morgan fingerprint density at radius 1 is 1.42 bits per heavy atom. The summed E-state index contributed by atoms with van der Waals surface area (Å²) in [7, 11) is 0. The number of piperidine rings is 1. The second-order valence-electron chi connectivity index (χ2n) is 6.52. The number of carbonyl (C=O) groups excluding carboxylic acids is 1. The molecule has 134 valence electrons. The fraction of sp³-hybridized carbons (Fsp3) is 0.333. The van der Waals surface area contributed by atoms with Gasteiger partial charge >= 0.3 is 5.97 Å². The average molecular weight is 370 g/mol. The number of amides is 1. The lowest BCUT2D eigenvalue weighted by molar-refractivity contribution is 0.0667. The van der Waals surface area contributed by atoms with Crippen LogP contribution in [0, 0.1) is 5.92 Å². The molecular formula is C18H18N4O3S. The Bertz CT molecular complexity index is 931. The average Bonchev–Trinajstić information content (AvgIpc) is 3.28. The maximum absolute atomic E-state index is 12.8. The molecule has 0 bridgehead atoms. The third-order valence-electron chi connectivity index (χ3n) is 4.66. The summed E-state index contributed by atoms with van der Waals surface area (Å²) in [5, 5.41) is 12.3. The van der Waals surface area contributed by atoms with E-state index < -0.39 is 5.97 Å². The molecule has 1 amide bonds. The Kier molecular flexibility index (Phi) is 4.42. The number of carbonyl (C=O) groups is 2. The Morgan fingerprint density at radius 2 is 2.31 bits per heavy atom. The number of carboxylic acids is 1. The molecule has 0 saturated carbocycles. The third-order valence-corrected chi connectivity index (χ3v) is 5.53. The van der Waals surface area contributed by atoms with Crippen LogP contribution in [-0.4, -0.2) is 49.9 Å². The smallest absolute Gasteiger partial charge is 0.355 e. The Labute approximate surface area is 153 Å². The maximum atomic E-state index is 12.8. The summed E-state index contributed by atoms with van der Waals surface area (Å²) in [6.07, 6.45) is 4.35. The van der Waals surface area contributed by atoms with Gasteiger partial charge in [-0.1, -0.05) is 0 Å². The van der Waals surface area contributed by atoms with Crippen molar-refractivity contribution in [3.05, 3.63) is 46.2 Å². The van der Waals surface area contributed by atoms with E-state index >= 15 is 0 Å². The lowest BCUT2D eigenvalue weighted by atomic mass is 9.95. The first-order valence-electron chi connectivity index (χ1n) is 8.51. The summed E-state index contributed by atoms with van der Waals surface area (Å²) in [6, 6.07) is 5.62. The summed E-state index contributed by atoms with van der Waals surface area (Å²) in [5.74, 6) is -0.721. The first-order valence-corrected chi connectivity index (χ1v) is 9.39. The highest BCUT2D eigenvalue weighted by molar-refractivity contribution is 7.09. The van der Waals surface area contributed by atoms with Gasteiger partial charge in [-0.3, -0.25) is 4.79 Å². The van der Waals surface area contributed by atoms with Crippen LogP contribution in [0.15, 0.2) is 29.8 Å². The molecule has 1 atom stereocenters. The van der Waals surface area contributed by atoms with E-state index in [1.807, 2.05) is 23.1 Å². The molecule has 0 radical (unpaired) electrons. The fourth-order valence-electron chi connectivity index (χ4n) is 3.41. The zero-order valence-electron chi connectivity index (χ0n) is 14.0. The van der Waals surface area contributed by atoms with E-state index in [1.165, 1.54) is 11.3 Å². The second kappa shape index (κ2) is 6.87. The molecule has 26 heavy (non-hydrogen) atoms. The Hall–Kier alpha value is -2.74. The van der Waals surface area contributed by atoms with Crippen molar-refractivity contribution in [1.29, 1.82) is 0 Å². The van der Waals surface area contributed by atoms with Gasteiger partial charge in [0.05, 0.1) is 5.01 Å². The SMILES string of the molecule is O=C(O)c1csc(CC2CCCN(C(=O)c3cc4cccnc4[nH]3)C2)n1. The second-order valence-corrected chi connectivity index (χ2v) is 7.46. The first kappa shape index (κ1) is 16.7. The van der Waals surface area contributed by atoms with Gasteiger partial charge < -0.3 is 15.0 Å². The zero-order valence-corrected chi connectivity index (χ0v) is 14.8. The monoisotopic (exact) mass is 370 g/mol. The van der Waals surface area contributed by atoms with Crippen molar-refractivity contribution in [2.75, 3.05) is 13.1 Å². The van der Waals surface area contributed by atoms with Gasteiger partial charge in [0.1, 0.15) is 11.3 Å². The first-order chi connectivity index (χ1) is 12.6. The highest BCUT2D eigenvalue weighted by atomic mass is 32.1. The number of fused-ring (bicyclic) bond motifs is 1. The molecule has 1 fully saturated rings. The van der Waals surface area contributed by atoms with Crippen molar-refractivity contribution in [3.8, 4) is 0 Å². The highest BCUT2D eigenvalue weighted by Crippen LogP contribution is 2.24. The van der Waals surface area contributed by atoms with E-state index in [4.69, 9.17) is 5.11 Å². The van der Waals surface area contributed by atoms with Crippen molar-refractivity contribution in [1.82, 2.24) is 19.9 Å². The molecule has 1 unspecified atom stereocenters. The number of carboxylic acid groups (broad SMARTS) is 1. The number of nitrogens with one attached hydrogen (secondary N) is 1. The number of hydrogen-bond donors (Lipinski definition) is 2. The van der Waals surface area contributed by atoms with E-state index in [-0.39, 0.29) is 11.6 Å². The number of thiazole rings is 1. The molecular weight excluding hydrogens is 352 g/mol. The van der Waals surface area contributed by atoms with Gasteiger partial charge in [0.2, 0.25) is 0 Å². The van der Waals surface area contributed by atoms with Crippen LogP contribution in [0.4, 0.5) is 0 Å². The number of aromatic nitrogens is 3. The summed E-state index contributed by atoms with van der Waals surface area (Å²) >= 11 is 1.37. The van der Waals surface area contributed by atoms with Gasteiger partial charge in [-0.05, 0) is 37.0 Å². The summed E-state index contributed by atoms with van der Waals surface area (Å²) in [5.41, 5.74) is 1.37. The number of nitrogens with zero attached hydrogens (tertiary/aromatic N) is 3. The van der Waals surface area contributed by atoms with Gasteiger partial charge in [0, 0.05) is 36.5 Å². The van der Waals surface area contributed by atoms with Crippen LogP contribution in [0.25, 0.3) is 11.0 Å². The predicted octanol–water partition coefficient (Wildman–Crippen LogP) is 2.81. The lowest BCUT2D eigenvalue weighted by Gasteiger charge is -2.32. The fourth-order valence-corrected chi connectivity index (χ4v) is 4.29. The molecule has 0 spiro atoms. The van der Waals surface area contributed by atoms with Crippen molar-refractivity contribution in [2.24, 2.45) is 5.92 Å². The molecule has 0 aromatic carbocycles. The predicted molar refractivity (Wildman–Crippen MR) is 97.5 cm³/mol. The zero-order chi connectivity index (χ0) is 18.1. The van der Waals surface area contributed by atoms with Crippen LogP contribution in [-0.2, 0) is 6.42 Å². The van der Waals surface area contributed by atoms with Crippen molar-refractivity contribution >= 4 is 34.2 Å². The van der Waals surface area contributed by atoms with Crippen LogP contribution in [0.1, 0.15) is 38.8 Å². The molecule has 1 aliphatic heterocycles. The topological polar surface area (TPSA) is 99.2 Å². The molecule has 4 heterocycles. The van der Waals surface area contributed by atoms with Crippen LogP contribution in [0.2, 0.25) is 0 Å². The summed E-state index contributed by atoms with van der Waals surface area (Å²) in [4.78, 5) is 37.2. The molecule has 0 aliphatic carbocycles.